The molecule has 0 amide bonds. The molecule has 1 fully saturated rings. The van der Waals surface area contributed by atoms with Gasteiger partial charge >= 0.3 is 0 Å². The van der Waals surface area contributed by atoms with E-state index in [4.69, 9.17) is 28.8 Å². The minimum atomic E-state index is -2.66. The summed E-state index contributed by atoms with van der Waals surface area (Å²) >= 11 is 0. The molecule has 1 aliphatic rings. The van der Waals surface area contributed by atoms with Crippen LogP contribution in [-0.2, 0) is 16.1 Å². The van der Waals surface area contributed by atoms with E-state index >= 15 is 0 Å². The first kappa shape index (κ1) is 19.5. The van der Waals surface area contributed by atoms with E-state index < -0.39 is 31.1 Å². The number of aromatic nitrogens is 4. The van der Waals surface area contributed by atoms with E-state index in [-0.39, 0.29) is 49.0 Å². The lowest BCUT2D eigenvalue weighted by atomic mass is 10.2. The predicted molar refractivity (Wildman–Crippen MR) is 119 cm³/mol. The van der Waals surface area contributed by atoms with Crippen LogP contribution in [0.1, 0.15) is 35.7 Å². The normalized spacial score (nSPS) is 24.1. The number of benzene rings is 1. The average molecular weight is 463 g/mol. The zero-order valence-electron chi connectivity index (χ0n) is 21.3. The van der Waals surface area contributed by atoms with Gasteiger partial charge in [0.05, 0.1) is 42.9 Å². The van der Waals surface area contributed by atoms with Gasteiger partial charge in [-0.2, -0.15) is 9.97 Å². The summed E-state index contributed by atoms with van der Waals surface area (Å²) in [7, 11) is 1.55. The number of nitrogens with zero attached hydrogens (tertiary/aromatic N) is 4. The average Bonchev–Trinajstić information content (AvgIpc) is 3.45. The van der Waals surface area contributed by atoms with Crippen LogP contribution in [0.3, 0.4) is 0 Å². The van der Waals surface area contributed by atoms with E-state index in [0.717, 1.165) is 5.56 Å². The van der Waals surface area contributed by atoms with Crippen LogP contribution < -0.4 is 15.2 Å². The van der Waals surface area contributed by atoms with Gasteiger partial charge in [0.25, 0.3) is 0 Å². The van der Waals surface area contributed by atoms with Crippen molar-refractivity contribution in [3.8, 4) is 11.6 Å². The second-order valence-electron chi connectivity index (χ2n) is 7.44. The Morgan fingerprint density at radius 3 is 2.82 bits per heavy atom. The number of methoxy groups -OCH3 is 1. The molecule has 4 atom stereocenters. The second-order valence-corrected chi connectivity index (χ2v) is 7.44. The van der Waals surface area contributed by atoms with Crippen molar-refractivity contribution in [3.05, 3.63) is 36.2 Å². The molecular weight excluding hydrogens is 430 g/mol. The van der Waals surface area contributed by atoms with Gasteiger partial charge in [-0.3, -0.25) is 4.57 Å². The Labute approximate surface area is 195 Å². The Morgan fingerprint density at radius 2 is 2.15 bits per heavy atom. The van der Waals surface area contributed by atoms with Crippen molar-refractivity contribution >= 4 is 17.1 Å². The smallest absolute Gasteiger partial charge is 0.247 e. The number of nitrogens with two attached hydrogens (primary N) is 1. The van der Waals surface area contributed by atoms with E-state index in [1.54, 1.807) is 38.3 Å². The Bertz CT molecular complexity index is 1200. The van der Waals surface area contributed by atoms with Crippen molar-refractivity contribution in [2.75, 3.05) is 26.0 Å². The van der Waals surface area contributed by atoms with Crippen molar-refractivity contribution in [3.63, 3.8) is 0 Å². The standard InChI is InChI=1S/C22H29N5O6/c1-3-14(31-10-13-4-6-15(30-2)7-5-13)11-32-21-19-20(25-22(23)26-21)27(12-24-19)18-8-16(29)17(9-28)33-18/h4-7,12,14,16-18,28-29H,3,8-11H2,1-2H3,(H2,23,25,26)/t14?,16-,17+,18+/m0/s1/i11D2,14D. The second kappa shape index (κ2) is 10.3. The van der Waals surface area contributed by atoms with Gasteiger partial charge in [0, 0.05) is 6.42 Å². The number of aliphatic hydroxyl groups is 2. The molecule has 2 aromatic heterocycles. The topological polar surface area (TPSA) is 147 Å². The van der Waals surface area contributed by atoms with Gasteiger partial charge in [-0.25, -0.2) is 4.98 Å². The Hall–Kier alpha value is -2.99. The molecular formula is C22H29N5O6. The van der Waals surface area contributed by atoms with Crippen molar-refractivity contribution in [1.29, 1.82) is 0 Å². The number of hydrogen-bond acceptors (Lipinski definition) is 10. The molecule has 1 aliphatic heterocycles. The van der Waals surface area contributed by atoms with E-state index in [2.05, 4.69) is 15.0 Å². The third-order valence-electron chi connectivity index (χ3n) is 5.26. The van der Waals surface area contributed by atoms with Gasteiger partial charge in [-0.15, -0.1) is 0 Å². The highest BCUT2D eigenvalue weighted by Crippen LogP contribution is 2.32. The summed E-state index contributed by atoms with van der Waals surface area (Å²) in [5, 5.41) is 19.4. The summed E-state index contributed by atoms with van der Waals surface area (Å²) in [6, 6.07) is 7.01. The van der Waals surface area contributed by atoms with Crippen LogP contribution in [0.15, 0.2) is 30.6 Å². The molecule has 3 aromatic rings. The fourth-order valence-electron chi connectivity index (χ4n) is 3.44. The van der Waals surface area contributed by atoms with Crippen LogP contribution in [-0.4, -0.2) is 68.3 Å². The predicted octanol–water partition coefficient (Wildman–Crippen LogP) is 1.43. The van der Waals surface area contributed by atoms with Crippen molar-refractivity contribution in [2.45, 2.75) is 50.9 Å². The highest BCUT2D eigenvalue weighted by atomic mass is 16.5. The summed E-state index contributed by atoms with van der Waals surface area (Å²) in [5.41, 5.74) is 6.87. The molecule has 4 rings (SSSR count). The molecule has 0 radical (unpaired) electrons. The Morgan fingerprint density at radius 1 is 1.36 bits per heavy atom. The van der Waals surface area contributed by atoms with Gasteiger partial charge in [0.1, 0.15) is 24.6 Å². The molecule has 1 unspecified atom stereocenters. The highest BCUT2D eigenvalue weighted by Gasteiger charge is 2.35. The van der Waals surface area contributed by atoms with Gasteiger partial charge in [0.15, 0.2) is 11.2 Å². The lowest BCUT2D eigenvalue weighted by Gasteiger charge is -2.17. The minimum Gasteiger partial charge on any atom is -0.497 e. The fourth-order valence-corrected chi connectivity index (χ4v) is 3.44. The van der Waals surface area contributed by atoms with Gasteiger partial charge in [0.2, 0.25) is 11.8 Å². The number of anilines is 1. The summed E-state index contributed by atoms with van der Waals surface area (Å²) in [6.45, 7) is -1.43. The van der Waals surface area contributed by atoms with Crippen LogP contribution >= 0.6 is 0 Å². The first-order valence-corrected chi connectivity index (χ1v) is 10.5. The van der Waals surface area contributed by atoms with Gasteiger partial charge in [-0.05, 0) is 24.1 Å². The molecule has 0 spiro atoms. The minimum absolute atomic E-state index is 0.0342. The summed E-state index contributed by atoms with van der Waals surface area (Å²) in [5.74, 6) is 0.189. The Kier molecular flexibility index (Phi) is 6.08. The maximum atomic E-state index is 10.1. The first-order valence-electron chi connectivity index (χ1n) is 12.0. The van der Waals surface area contributed by atoms with Gasteiger partial charge in [-0.1, -0.05) is 19.1 Å². The van der Waals surface area contributed by atoms with E-state index in [1.165, 1.54) is 10.9 Å². The van der Waals surface area contributed by atoms with Gasteiger partial charge < -0.3 is 34.9 Å². The maximum Gasteiger partial charge on any atom is 0.247 e. The molecule has 1 aromatic carbocycles. The Balaban J connectivity index is 1.58. The molecule has 178 valence electrons. The monoisotopic (exact) mass is 462 g/mol. The van der Waals surface area contributed by atoms with Crippen molar-refractivity contribution in [1.82, 2.24) is 19.5 Å². The number of rotatable bonds is 10. The van der Waals surface area contributed by atoms with Crippen LogP contribution in [0, 0.1) is 0 Å². The molecule has 11 heteroatoms. The third-order valence-corrected chi connectivity index (χ3v) is 5.26. The molecule has 11 nitrogen and oxygen atoms in total. The van der Waals surface area contributed by atoms with Crippen LogP contribution in [0.25, 0.3) is 11.2 Å². The zero-order valence-corrected chi connectivity index (χ0v) is 18.3. The molecule has 0 bridgehead atoms. The summed E-state index contributed by atoms with van der Waals surface area (Å²) in [4.78, 5) is 12.4. The number of imidazole rings is 1. The van der Waals surface area contributed by atoms with Crippen molar-refractivity contribution < 1.29 is 33.3 Å². The zero-order chi connectivity index (χ0) is 26.1. The summed E-state index contributed by atoms with van der Waals surface area (Å²) < 4.78 is 49.3. The number of nitrogen functional groups attached to an aromatic ring is 1. The first-order chi connectivity index (χ1) is 17.1. The number of hydrogen-bond donors (Lipinski definition) is 3. The van der Waals surface area contributed by atoms with Crippen LogP contribution in [0.4, 0.5) is 5.95 Å². The third kappa shape index (κ3) is 5.17. The largest absolute Gasteiger partial charge is 0.497 e. The molecule has 3 heterocycles. The summed E-state index contributed by atoms with van der Waals surface area (Å²) in [6.07, 6.45) is -2.89. The lowest BCUT2D eigenvalue weighted by molar-refractivity contribution is -0.0432. The quantitative estimate of drug-likeness (QED) is 0.404. The van der Waals surface area contributed by atoms with Crippen LogP contribution in [0.2, 0.25) is 0 Å². The van der Waals surface area contributed by atoms with Crippen LogP contribution in [0.5, 0.6) is 11.6 Å². The van der Waals surface area contributed by atoms with Crippen molar-refractivity contribution in [2.24, 2.45) is 0 Å². The molecule has 1 saturated heterocycles. The molecule has 33 heavy (non-hydrogen) atoms. The van der Waals surface area contributed by atoms with E-state index in [1.807, 2.05) is 0 Å². The maximum absolute atomic E-state index is 10.1. The number of fused-ring (bicyclic) bond motifs is 1. The molecule has 4 N–H and O–H groups in total. The highest BCUT2D eigenvalue weighted by molar-refractivity contribution is 5.77. The van der Waals surface area contributed by atoms with E-state index in [9.17, 15) is 10.2 Å². The molecule has 0 aliphatic carbocycles. The number of ether oxygens (including phenoxy) is 4. The van der Waals surface area contributed by atoms with E-state index in [0.29, 0.717) is 5.75 Å². The fraction of sp³-hybridized carbons (Fsp3) is 0.500. The SMILES string of the molecule is [2H]C([2H])(Oc1nc(N)nc2c1ncn2[C@H]1C[C@H](O)[C@@H](CO)O1)C([2H])(CC)OCc1ccc(OC)cc1. The number of aliphatic hydroxyl groups excluding tert-OH is 2. The molecule has 0 saturated carbocycles. The lowest BCUT2D eigenvalue weighted by Crippen LogP contribution is -2.24.